The average Bonchev–Trinajstić information content (AvgIpc) is 2.87. The number of hydrogen-bond donors (Lipinski definition) is 1. The molecule has 2 unspecified atom stereocenters. The van der Waals surface area contributed by atoms with Gasteiger partial charge in [-0.3, -0.25) is 9.58 Å². The van der Waals surface area contributed by atoms with Gasteiger partial charge in [0.2, 0.25) is 0 Å². The molecule has 0 saturated heterocycles. The van der Waals surface area contributed by atoms with E-state index in [1.54, 1.807) is 6.20 Å². The van der Waals surface area contributed by atoms with Gasteiger partial charge in [0.1, 0.15) is 6.10 Å². The maximum Gasteiger partial charge on any atom is 0.100 e. The highest BCUT2D eigenvalue weighted by Gasteiger charge is 2.37. The molecule has 1 rings (SSSR count). The molecule has 0 spiro atoms. The van der Waals surface area contributed by atoms with E-state index < -0.39 is 6.10 Å². The topological polar surface area (TPSA) is 41.3 Å². The van der Waals surface area contributed by atoms with E-state index in [0.29, 0.717) is 0 Å². The van der Waals surface area contributed by atoms with Crippen LogP contribution in [0.2, 0.25) is 0 Å². The van der Waals surface area contributed by atoms with Crippen LogP contribution in [-0.2, 0) is 6.54 Å². The zero-order valence-corrected chi connectivity index (χ0v) is 13.1. The summed E-state index contributed by atoms with van der Waals surface area (Å²) in [4.78, 5) is 2.33. The van der Waals surface area contributed by atoms with Crippen molar-refractivity contribution in [1.29, 1.82) is 0 Å². The number of rotatable bonds is 8. The molecule has 0 fully saturated rings. The summed E-state index contributed by atoms with van der Waals surface area (Å²) in [5.74, 6) is 0. The van der Waals surface area contributed by atoms with E-state index in [0.717, 1.165) is 38.0 Å². The van der Waals surface area contributed by atoms with Crippen molar-refractivity contribution in [3.8, 4) is 0 Å². The fourth-order valence-corrected chi connectivity index (χ4v) is 2.77. The summed E-state index contributed by atoms with van der Waals surface area (Å²) >= 11 is 0. The van der Waals surface area contributed by atoms with Gasteiger partial charge in [0.15, 0.2) is 0 Å². The van der Waals surface area contributed by atoms with Crippen molar-refractivity contribution in [2.24, 2.45) is 0 Å². The normalized spacial score (nSPS) is 16.6. The number of aromatic nitrogens is 2. The predicted molar refractivity (Wildman–Crippen MR) is 79.1 cm³/mol. The number of aliphatic hydroxyl groups excluding tert-OH is 1. The van der Waals surface area contributed by atoms with Crippen molar-refractivity contribution in [3.05, 3.63) is 18.0 Å². The fraction of sp³-hybridized carbons (Fsp3) is 0.800. The standard InChI is InChI=1S/C15H29N3O/c1-6-10-18-12-13(11-16-18)14(19)15(5,7-2)17(8-3)9-4/h11-12,14,19H,6-10H2,1-5H3. The first-order valence-corrected chi connectivity index (χ1v) is 7.48. The molecule has 4 heteroatoms. The quantitative estimate of drug-likeness (QED) is 0.787. The van der Waals surface area contributed by atoms with E-state index in [4.69, 9.17) is 0 Å². The summed E-state index contributed by atoms with van der Waals surface area (Å²) < 4.78 is 1.91. The van der Waals surface area contributed by atoms with Crippen molar-refractivity contribution in [2.75, 3.05) is 13.1 Å². The van der Waals surface area contributed by atoms with Crippen molar-refractivity contribution in [1.82, 2.24) is 14.7 Å². The van der Waals surface area contributed by atoms with Crippen molar-refractivity contribution in [3.63, 3.8) is 0 Å². The molecular weight excluding hydrogens is 238 g/mol. The van der Waals surface area contributed by atoms with Gasteiger partial charge in [-0.05, 0) is 32.9 Å². The maximum absolute atomic E-state index is 10.8. The first-order valence-electron chi connectivity index (χ1n) is 7.48. The molecule has 1 N–H and O–H groups in total. The smallest absolute Gasteiger partial charge is 0.100 e. The van der Waals surface area contributed by atoms with Gasteiger partial charge in [0.05, 0.1) is 6.20 Å². The summed E-state index contributed by atoms with van der Waals surface area (Å²) in [6.45, 7) is 13.5. The fourth-order valence-electron chi connectivity index (χ4n) is 2.77. The highest BCUT2D eigenvalue weighted by Crippen LogP contribution is 2.33. The minimum absolute atomic E-state index is 0.233. The molecule has 0 aliphatic carbocycles. The van der Waals surface area contributed by atoms with Crippen LogP contribution in [0.25, 0.3) is 0 Å². The van der Waals surface area contributed by atoms with Gasteiger partial charge in [-0.1, -0.05) is 27.7 Å². The molecule has 0 aliphatic heterocycles. The van der Waals surface area contributed by atoms with Gasteiger partial charge in [0.25, 0.3) is 0 Å². The predicted octanol–water partition coefficient (Wildman–Crippen LogP) is 2.84. The maximum atomic E-state index is 10.8. The van der Waals surface area contributed by atoms with Crippen LogP contribution in [0, 0.1) is 0 Å². The lowest BCUT2D eigenvalue weighted by Crippen LogP contribution is -2.50. The second-order valence-corrected chi connectivity index (χ2v) is 5.32. The summed E-state index contributed by atoms with van der Waals surface area (Å²) in [6.07, 6.45) is 5.25. The van der Waals surface area contributed by atoms with Gasteiger partial charge in [-0.25, -0.2) is 0 Å². The average molecular weight is 267 g/mol. The molecule has 2 atom stereocenters. The van der Waals surface area contributed by atoms with Gasteiger partial charge in [-0.2, -0.15) is 5.10 Å². The molecule has 0 amide bonds. The number of nitrogens with zero attached hydrogens (tertiary/aromatic N) is 3. The molecule has 1 heterocycles. The monoisotopic (exact) mass is 267 g/mol. The van der Waals surface area contributed by atoms with E-state index in [1.807, 2.05) is 10.9 Å². The molecule has 19 heavy (non-hydrogen) atoms. The Hall–Kier alpha value is -0.870. The van der Waals surface area contributed by atoms with Crippen LogP contribution in [0.15, 0.2) is 12.4 Å². The van der Waals surface area contributed by atoms with Crippen molar-refractivity contribution >= 4 is 0 Å². The number of aliphatic hydroxyl groups is 1. The van der Waals surface area contributed by atoms with E-state index in [1.165, 1.54) is 0 Å². The zero-order valence-electron chi connectivity index (χ0n) is 13.1. The molecule has 110 valence electrons. The Balaban J connectivity index is 2.95. The SMILES string of the molecule is CCCn1cc(C(O)C(C)(CC)N(CC)CC)cn1. The summed E-state index contributed by atoms with van der Waals surface area (Å²) in [5.41, 5.74) is 0.688. The molecule has 1 aromatic rings. The largest absolute Gasteiger partial charge is 0.386 e. The van der Waals surface area contributed by atoms with Gasteiger partial charge in [-0.15, -0.1) is 0 Å². The number of hydrogen-bond acceptors (Lipinski definition) is 3. The first-order chi connectivity index (χ1) is 9.03. The van der Waals surface area contributed by atoms with Crippen molar-refractivity contribution < 1.29 is 5.11 Å². The summed E-state index contributed by atoms with van der Waals surface area (Å²) in [7, 11) is 0. The van der Waals surface area contributed by atoms with Crippen molar-refractivity contribution in [2.45, 2.75) is 65.6 Å². The van der Waals surface area contributed by atoms with E-state index >= 15 is 0 Å². The third kappa shape index (κ3) is 3.37. The second kappa shape index (κ2) is 7.06. The third-order valence-electron chi connectivity index (χ3n) is 4.21. The molecule has 0 aromatic carbocycles. The molecule has 0 saturated carbocycles. The van der Waals surface area contributed by atoms with E-state index in [-0.39, 0.29) is 5.54 Å². The molecule has 0 radical (unpaired) electrons. The Labute approximate surface area is 117 Å². The Morgan fingerprint density at radius 3 is 2.42 bits per heavy atom. The van der Waals surface area contributed by atoms with Crippen LogP contribution in [0.4, 0.5) is 0 Å². The number of likely N-dealkylation sites (N-methyl/N-ethyl adjacent to an activating group) is 1. The minimum Gasteiger partial charge on any atom is -0.386 e. The highest BCUT2D eigenvalue weighted by atomic mass is 16.3. The van der Waals surface area contributed by atoms with E-state index in [9.17, 15) is 5.11 Å². The molecule has 1 aromatic heterocycles. The molecule has 0 aliphatic rings. The van der Waals surface area contributed by atoms with Gasteiger partial charge >= 0.3 is 0 Å². The third-order valence-corrected chi connectivity index (χ3v) is 4.21. The molecule has 0 bridgehead atoms. The molecular formula is C15H29N3O. The van der Waals surface area contributed by atoms with Crippen LogP contribution >= 0.6 is 0 Å². The molecule has 4 nitrogen and oxygen atoms in total. The van der Waals surface area contributed by atoms with E-state index in [2.05, 4.69) is 44.6 Å². The zero-order chi connectivity index (χ0) is 14.5. The lowest BCUT2D eigenvalue weighted by Gasteiger charge is -2.43. The van der Waals surface area contributed by atoms with Gasteiger partial charge in [0, 0.05) is 23.8 Å². The first kappa shape index (κ1) is 16.2. The minimum atomic E-state index is -0.497. The second-order valence-electron chi connectivity index (χ2n) is 5.32. The van der Waals surface area contributed by atoms with Crippen LogP contribution in [0.3, 0.4) is 0 Å². The van der Waals surface area contributed by atoms with Gasteiger partial charge < -0.3 is 5.11 Å². The van der Waals surface area contributed by atoms with Crippen LogP contribution in [0.1, 0.15) is 59.1 Å². The summed E-state index contributed by atoms with van der Waals surface area (Å²) in [6, 6.07) is 0. The summed E-state index contributed by atoms with van der Waals surface area (Å²) in [5, 5.41) is 15.1. The lowest BCUT2D eigenvalue weighted by atomic mass is 9.86. The van der Waals surface area contributed by atoms with Crippen LogP contribution in [-0.4, -0.2) is 38.4 Å². The lowest BCUT2D eigenvalue weighted by molar-refractivity contribution is -0.0214. The Morgan fingerprint density at radius 2 is 1.95 bits per heavy atom. The Morgan fingerprint density at radius 1 is 1.32 bits per heavy atom. The Bertz CT molecular complexity index is 373. The van der Waals surface area contributed by atoms with Crippen LogP contribution < -0.4 is 0 Å². The number of aryl methyl sites for hydroxylation is 1. The van der Waals surface area contributed by atoms with Crippen LogP contribution in [0.5, 0.6) is 0 Å². The Kier molecular flexibility index (Phi) is 6.01. The highest BCUT2D eigenvalue weighted by molar-refractivity contribution is 5.14.